The van der Waals surface area contributed by atoms with Crippen LogP contribution in [0.4, 0.5) is 0 Å². The van der Waals surface area contributed by atoms with Crippen molar-refractivity contribution in [2.75, 3.05) is 20.7 Å². The van der Waals surface area contributed by atoms with Gasteiger partial charge in [0.15, 0.2) is 0 Å². The first-order valence-corrected chi connectivity index (χ1v) is 6.49. The van der Waals surface area contributed by atoms with Crippen LogP contribution in [0.3, 0.4) is 0 Å². The highest BCUT2D eigenvalue weighted by molar-refractivity contribution is 7.80. The fourth-order valence-corrected chi connectivity index (χ4v) is 1.59. The minimum Gasteiger partial charge on any atom is -0.480 e. The number of aryl methyl sites for hydroxylation is 1. The van der Waals surface area contributed by atoms with Gasteiger partial charge in [0, 0.05) is 38.6 Å². The summed E-state index contributed by atoms with van der Waals surface area (Å²) in [6.45, 7) is 0.668. The SMILES string of the molecule is COc1ccc(=O)n(CCC(=O)N(C)CCC(N)=S)n1. The number of rotatable bonds is 7. The number of nitrogens with zero attached hydrogens (tertiary/aromatic N) is 3. The lowest BCUT2D eigenvalue weighted by Gasteiger charge is -2.16. The molecule has 0 atom stereocenters. The van der Waals surface area contributed by atoms with Crippen LogP contribution in [-0.4, -0.2) is 46.3 Å². The predicted octanol–water partition coefficient (Wildman–Crippen LogP) is -0.223. The van der Waals surface area contributed by atoms with E-state index in [1.807, 2.05) is 0 Å². The third kappa shape index (κ3) is 4.96. The number of carbonyl (C=O) groups is 1. The molecule has 20 heavy (non-hydrogen) atoms. The van der Waals surface area contributed by atoms with Crippen LogP contribution in [0.1, 0.15) is 12.8 Å². The second-order valence-corrected chi connectivity index (χ2v) is 4.74. The maximum absolute atomic E-state index is 11.9. The minimum atomic E-state index is -0.274. The molecule has 0 bridgehead atoms. The number of hydrogen-bond acceptors (Lipinski definition) is 5. The van der Waals surface area contributed by atoms with E-state index in [9.17, 15) is 9.59 Å². The van der Waals surface area contributed by atoms with E-state index in [0.717, 1.165) is 0 Å². The Hall–Kier alpha value is -1.96. The minimum absolute atomic E-state index is 0.0993. The molecule has 0 unspecified atom stereocenters. The summed E-state index contributed by atoms with van der Waals surface area (Å²) in [6, 6.07) is 2.84. The molecule has 0 spiro atoms. The zero-order valence-corrected chi connectivity index (χ0v) is 12.4. The Bertz CT molecular complexity index is 544. The van der Waals surface area contributed by atoms with Gasteiger partial charge in [-0.05, 0) is 0 Å². The second kappa shape index (κ2) is 7.59. The maximum atomic E-state index is 11.9. The van der Waals surface area contributed by atoms with Crippen molar-refractivity contribution in [3.63, 3.8) is 0 Å². The molecule has 0 aromatic carbocycles. The van der Waals surface area contributed by atoms with E-state index < -0.39 is 0 Å². The Morgan fingerprint density at radius 2 is 2.20 bits per heavy atom. The van der Waals surface area contributed by atoms with Gasteiger partial charge in [0.05, 0.1) is 18.6 Å². The lowest BCUT2D eigenvalue weighted by Crippen LogP contribution is -2.32. The third-order valence-corrected chi connectivity index (χ3v) is 2.91. The topological polar surface area (TPSA) is 90.5 Å². The molecule has 0 aliphatic rings. The molecule has 0 saturated heterocycles. The van der Waals surface area contributed by atoms with Crippen molar-refractivity contribution in [1.29, 1.82) is 0 Å². The standard InChI is InChI=1S/C12H18N4O3S/c1-15(7-5-9(13)20)11(17)6-8-16-12(18)4-3-10(14-16)19-2/h3-4H,5-8H2,1-2H3,(H2,13,20). The van der Waals surface area contributed by atoms with E-state index in [-0.39, 0.29) is 24.4 Å². The quantitative estimate of drug-likeness (QED) is 0.700. The first-order chi connectivity index (χ1) is 9.43. The van der Waals surface area contributed by atoms with Gasteiger partial charge < -0.3 is 15.4 Å². The molecule has 0 saturated carbocycles. The largest absolute Gasteiger partial charge is 0.480 e. The molecule has 1 aromatic rings. The monoisotopic (exact) mass is 298 g/mol. The molecule has 110 valence electrons. The molecule has 1 amide bonds. The van der Waals surface area contributed by atoms with Crippen LogP contribution in [0.15, 0.2) is 16.9 Å². The molecular weight excluding hydrogens is 280 g/mol. The van der Waals surface area contributed by atoms with Gasteiger partial charge in [-0.1, -0.05) is 12.2 Å². The molecule has 0 aliphatic carbocycles. The summed E-state index contributed by atoms with van der Waals surface area (Å²) in [7, 11) is 3.13. The summed E-state index contributed by atoms with van der Waals surface area (Å²) in [5.74, 6) is 0.233. The van der Waals surface area contributed by atoms with Crippen molar-refractivity contribution < 1.29 is 9.53 Å². The predicted molar refractivity (Wildman–Crippen MR) is 78.7 cm³/mol. The number of hydrogen-bond donors (Lipinski definition) is 1. The zero-order valence-electron chi connectivity index (χ0n) is 11.5. The van der Waals surface area contributed by atoms with Gasteiger partial charge >= 0.3 is 0 Å². The van der Waals surface area contributed by atoms with Crippen molar-refractivity contribution in [3.8, 4) is 5.88 Å². The number of aromatic nitrogens is 2. The molecule has 0 radical (unpaired) electrons. The van der Waals surface area contributed by atoms with Crippen LogP contribution in [0.25, 0.3) is 0 Å². The van der Waals surface area contributed by atoms with Gasteiger partial charge in [0.25, 0.3) is 5.56 Å². The molecule has 1 rings (SSSR count). The first-order valence-electron chi connectivity index (χ1n) is 6.08. The fraction of sp³-hybridized carbons (Fsp3) is 0.500. The highest BCUT2D eigenvalue weighted by Crippen LogP contribution is 2.01. The van der Waals surface area contributed by atoms with Gasteiger partial charge in [0.2, 0.25) is 11.8 Å². The van der Waals surface area contributed by atoms with Crippen molar-refractivity contribution >= 4 is 23.1 Å². The van der Waals surface area contributed by atoms with Gasteiger partial charge in [-0.3, -0.25) is 9.59 Å². The van der Waals surface area contributed by atoms with E-state index >= 15 is 0 Å². The van der Waals surface area contributed by atoms with E-state index in [0.29, 0.717) is 23.8 Å². The number of carbonyl (C=O) groups excluding carboxylic acids is 1. The van der Waals surface area contributed by atoms with Gasteiger partial charge in [-0.15, -0.1) is 5.10 Å². The van der Waals surface area contributed by atoms with Crippen LogP contribution in [-0.2, 0) is 11.3 Å². The highest BCUT2D eigenvalue weighted by atomic mass is 32.1. The molecule has 8 heteroatoms. The van der Waals surface area contributed by atoms with Crippen molar-refractivity contribution in [3.05, 3.63) is 22.5 Å². The molecule has 0 aliphatic heterocycles. The fourth-order valence-electron chi connectivity index (χ4n) is 1.49. The maximum Gasteiger partial charge on any atom is 0.266 e. The summed E-state index contributed by atoms with van der Waals surface area (Å²) >= 11 is 4.76. The van der Waals surface area contributed by atoms with Crippen LogP contribution in [0.2, 0.25) is 0 Å². The molecule has 1 heterocycles. The lowest BCUT2D eigenvalue weighted by atomic mass is 10.3. The van der Waals surface area contributed by atoms with E-state index in [1.54, 1.807) is 7.05 Å². The van der Waals surface area contributed by atoms with Gasteiger partial charge in [-0.2, -0.15) is 0 Å². The Morgan fingerprint density at radius 3 is 2.80 bits per heavy atom. The molecular formula is C12H18N4O3S. The summed E-state index contributed by atoms with van der Waals surface area (Å²) in [5.41, 5.74) is 5.11. The Labute approximate surface area is 122 Å². The molecule has 2 N–H and O–H groups in total. The lowest BCUT2D eigenvalue weighted by molar-refractivity contribution is -0.130. The Balaban J connectivity index is 2.56. The average Bonchev–Trinajstić information content (AvgIpc) is 2.43. The van der Waals surface area contributed by atoms with Gasteiger partial charge in [-0.25, -0.2) is 4.68 Å². The summed E-state index contributed by atoms with van der Waals surface area (Å²) in [4.78, 5) is 25.3. The Kier molecular flexibility index (Phi) is 6.10. The zero-order chi connectivity index (χ0) is 15.1. The molecule has 1 aromatic heterocycles. The average molecular weight is 298 g/mol. The summed E-state index contributed by atoms with van der Waals surface area (Å²) < 4.78 is 6.14. The van der Waals surface area contributed by atoms with Crippen molar-refractivity contribution in [2.45, 2.75) is 19.4 Å². The van der Waals surface area contributed by atoms with Crippen LogP contribution < -0.4 is 16.0 Å². The first kappa shape index (κ1) is 16.1. The third-order valence-electron chi connectivity index (χ3n) is 2.71. The number of ether oxygens (including phenoxy) is 1. The number of amides is 1. The van der Waals surface area contributed by atoms with E-state index in [2.05, 4.69) is 5.10 Å². The summed E-state index contributed by atoms with van der Waals surface area (Å²) in [6.07, 6.45) is 0.656. The number of methoxy groups -OCH3 is 1. The normalized spacial score (nSPS) is 10.1. The summed E-state index contributed by atoms with van der Waals surface area (Å²) in [5, 5.41) is 3.97. The molecule has 7 nitrogen and oxygen atoms in total. The van der Waals surface area contributed by atoms with Crippen molar-refractivity contribution in [1.82, 2.24) is 14.7 Å². The highest BCUT2D eigenvalue weighted by Gasteiger charge is 2.10. The number of nitrogens with two attached hydrogens (primary N) is 1. The van der Waals surface area contributed by atoms with Crippen LogP contribution in [0.5, 0.6) is 5.88 Å². The van der Waals surface area contributed by atoms with E-state index in [1.165, 1.54) is 28.8 Å². The number of thiocarbonyl (C=S) groups is 1. The van der Waals surface area contributed by atoms with Crippen LogP contribution >= 0.6 is 12.2 Å². The second-order valence-electron chi connectivity index (χ2n) is 4.22. The van der Waals surface area contributed by atoms with Crippen LogP contribution in [0, 0.1) is 0 Å². The van der Waals surface area contributed by atoms with E-state index in [4.69, 9.17) is 22.7 Å². The van der Waals surface area contributed by atoms with Crippen molar-refractivity contribution in [2.24, 2.45) is 5.73 Å². The Morgan fingerprint density at radius 1 is 1.50 bits per heavy atom. The molecule has 0 fully saturated rings. The van der Waals surface area contributed by atoms with Gasteiger partial charge in [0.1, 0.15) is 0 Å². The smallest absolute Gasteiger partial charge is 0.266 e.